The van der Waals surface area contributed by atoms with Gasteiger partial charge in [0.2, 0.25) is 0 Å². The van der Waals surface area contributed by atoms with Gasteiger partial charge in [-0.2, -0.15) is 0 Å². The summed E-state index contributed by atoms with van der Waals surface area (Å²) in [6.45, 7) is 9.94. The fourth-order valence-electron chi connectivity index (χ4n) is 3.35. The lowest BCUT2D eigenvalue weighted by atomic mass is 9.93. The lowest BCUT2D eigenvalue weighted by Crippen LogP contribution is -2.33. The molecule has 0 spiro atoms. The molecule has 1 N–H and O–H groups in total. The number of aliphatic hydroxyl groups excluding tert-OH is 1. The van der Waals surface area contributed by atoms with E-state index in [0.29, 0.717) is 19.3 Å². The summed E-state index contributed by atoms with van der Waals surface area (Å²) < 4.78 is 5.61. The average molecular weight is 391 g/mol. The first-order chi connectivity index (χ1) is 13.2. The van der Waals surface area contributed by atoms with Gasteiger partial charge in [-0.15, -0.1) is 0 Å². The minimum Gasteiger partial charge on any atom is -0.455 e. The summed E-state index contributed by atoms with van der Waals surface area (Å²) in [6, 6.07) is 0. The topological polar surface area (TPSA) is 63.6 Å². The molecule has 0 saturated carbocycles. The molecule has 5 unspecified atom stereocenters. The number of rotatable bonds is 6. The summed E-state index contributed by atoms with van der Waals surface area (Å²) in [4.78, 5) is 24.5. The Morgan fingerprint density at radius 3 is 2.68 bits per heavy atom. The molecule has 0 saturated heterocycles. The van der Waals surface area contributed by atoms with Crippen LogP contribution in [0.1, 0.15) is 73.1 Å². The van der Waals surface area contributed by atoms with Crippen LogP contribution in [0.2, 0.25) is 0 Å². The van der Waals surface area contributed by atoms with Gasteiger partial charge in [0.05, 0.1) is 12.0 Å². The van der Waals surface area contributed by atoms with Crippen molar-refractivity contribution >= 4 is 11.8 Å². The van der Waals surface area contributed by atoms with Crippen molar-refractivity contribution in [3.8, 4) is 0 Å². The molecule has 1 heterocycles. The van der Waals surface area contributed by atoms with Crippen LogP contribution in [0.15, 0.2) is 36.0 Å². The second-order valence-electron chi connectivity index (χ2n) is 8.22. The van der Waals surface area contributed by atoms with Crippen LogP contribution in [0.5, 0.6) is 0 Å². The Morgan fingerprint density at radius 2 is 2.00 bits per heavy atom. The number of hydrogen-bond donors (Lipinski definition) is 1. The molecule has 0 radical (unpaired) electrons. The zero-order valence-electron chi connectivity index (χ0n) is 18.2. The first kappa shape index (κ1) is 24.4. The smallest absolute Gasteiger partial charge is 0.309 e. The number of carbonyl (C=O) groups excluding carboxylic acids is 2. The van der Waals surface area contributed by atoms with Gasteiger partial charge in [-0.05, 0) is 51.0 Å². The van der Waals surface area contributed by atoms with E-state index in [9.17, 15) is 14.7 Å². The second-order valence-corrected chi connectivity index (χ2v) is 8.22. The molecular weight excluding hydrogens is 352 g/mol. The maximum absolute atomic E-state index is 12.4. The third-order valence-corrected chi connectivity index (χ3v) is 5.28. The maximum Gasteiger partial charge on any atom is 0.309 e. The monoisotopic (exact) mass is 390 g/mol. The summed E-state index contributed by atoms with van der Waals surface area (Å²) in [6.07, 6.45) is 12.6. The van der Waals surface area contributed by atoms with Crippen LogP contribution in [0.3, 0.4) is 0 Å². The lowest BCUT2D eigenvalue weighted by Gasteiger charge is -2.24. The summed E-state index contributed by atoms with van der Waals surface area (Å²) >= 11 is 0. The number of Topliss-reactive ketones (excluding diaryl/α,β-unsaturated/α-hetero) is 1. The number of carbonyl (C=O) groups is 2. The van der Waals surface area contributed by atoms with Crippen LogP contribution in [0.25, 0.3) is 0 Å². The van der Waals surface area contributed by atoms with Crippen molar-refractivity contribution in [2.24, 2.45) is 17.8 Å². The standard InChI is InChI=1S/C24H38O4/c1-6-7-10-17(2)15-18(3)16-22(26)23-12-9-8-11-19(4)21(25)14-13-20(5)24(27)28-23/h7,9-10,12,15,18-20,22-23,26H,6,8,11,13-14,16H2,1-5H3. The minimum atomic E-state index is -0.761. The molecular formula is C24H38O4. The summed E-state index contributed by atoms with van der Waals surface area (Å²) in [5, 5.41) is 10.7. The Balaban J connectivity index is 2.83. The van der Waals surface area contributed by atoms with Crippen molar-refractivity contribution in [3.05, 3.63) is 36.0 Å². The number of allylic oxidation sites excluding steroid dienone is 5. The fourth-order valence-corrected chi connectivity index (χ4v) is 3.35. The van der Waals surface area contributed by atoms with E-state index in [1.165, 1.54) is 5.57 Å². The van der Waals surface area contributed by atoms with E-state index >= 15 is 0 Å². The van der Waals surface area contributed by atoms with Crippen molar-refractivity contribution in [1.29, 1.82) is 0 Å². The van der Waals surface area contributed by atoms with Gasteiger partial charge in [-0.1, -0.05) is 57.6 Å². The van der Waals surface area contributed by atoms with Crippen LogP contribution in [0.4, 0.5) is 0 Å². The number of ether oxygens (including phenoxy) is 1. The number of aliphatic hydroxyl groups is 1. The van der Waals surface area contributed by atoms with Gasteiger partial charge in [0, 0.05) is 12.3 Å². The van der Waals surface area contributed by atoms with E-state index in [-0.39, 0.29) is 29.5 Å². The first-order valence-electron chi connectivity index (χ1n) is 10.7. The van der Waals surface area contributed by atoms with Crippen LogP contribution in [-0.2, 0) is 14.3 Å². The first-order valence-corrected chi connectivity index (χ1v) is 10.7. The van der Waals surface area contributed by atoms with E-state index in [0.717, 1.165) is 19.3 Å². The number of cyclic esters (lactones) is 1. The van der Waals surface area contributed by atoms with Crippen molar-refractivity contribution < 1.29 is 19.4 Å². The molecule has 1 aliphatic rings. The third-order valence-electron chi connectivity index (χ3n) is 5.28. The zero-order valence-corrected chi connectivity index (χ0v) is 18.2. The Kier molecular flexibility index (Phi) is 11.1. The van der Waals surface area contributed by atoms with Crippen molar-refractivity contribution in [2.75, 3.05) is 0 Å². The molecule has 28 heavy (non-hydrogen) atoms. The van der Waals surface area contributed by atoms with Crippen LogP contribution in [0, 0.1) is 17.8 Å². The molecule has 1 rings (SSSR count). The Morgan fingerprint density at radius 1 is 1.29 bits per heavy atom. The van der Waals surface area contributed by atoms with Crippen LogP contribution in [-0.4, -0.2) is 29.1 Å². The zero-order chi connectivity index (χ0) is 21.1. The van der Waals surface area contributed by atoms with Gasteiger partial charge in [-0.25, -0.2) is 0 Å². The molecule has 5 atom stereocenters. The van der Waals surface area contributed by atoms with E-state index in [1.807, 2.05) is 13.0 Å². The molecule has 4 nitrogen and oxygen atoms in total. The Labute approximate surface area is 170 Å². The summed E-state index contributed by atoms with van der Waals surface area (Å²) in [5.74, 6) is -0.323. The Hall–Kier alpha value is -1.68. The molecule has 0 aliphatic carbocycles. The SMILES string of the molecule is CCC=CC(C)=CC(C)CC(O)C1C=CCCC(C)C(=O)CCC(C)C(=O)O1. The van der Waals surface area contributed by atoms with E-state index in [2.05, 4.69) is 39.0 Å². The summed E-state index contributed by atoms with van der Waals surface area (Å²) in [5.41, 5.74) is 1.17. The molecule has 0 fully saturated rings. The van der Waals surface area contributed by atoms with E-state index in [1.54, 1.807) is 13.0 Å². The maximum atomic E-state index is 12.4. The molecule has 0 aromatic carbocycles. The van der Waals surface area contributed by atoms with Gasteiger partial charge in [0.1, 0.15) is 11.9 Å². The number of hydrogen-bond acceptors (Lipinski definition) is 4. The fraction of sp³-hybridized carbons (Fsp3) is 0.667. The molecule has 0 aromatic heterocycles. The van der Waals surface area contributed by atoms with Gasteiger partial charge in [0.15, 0.2) is 0 Å². The molecule has 4 heteroatoms. The molecule has 1 aliphatic heterocycles. The van der Waals surface area contributed by atoms with Crippen molar-refractivity contribution in [1.82, 2.24) is 0 Å². The van der Waals surface area contributed by atoms with E-state index in [4.69, 9.17) is 4.74 Å². The minimum absolute atomic E-state index is 0.0000180. The van der Waals surface area contributed by atoms with Gasteiger partial charge >= 0.3 is 5.97 Å². The van der Waals surface area contributed by atoms with Crippen molar-refractivity contribution in [2.45, 2.75) is 85.4 Å². The van der Waals surface area contributed by atoms with Crippen molar-refractivity contribution in [3.63, 3.8) is 0 Å². The number of ketones is 1. The second kappa shape index (κ2) is 12.7. The summed E-state index contributed by atoms with van der Waals surface area (Å²) in [7, 11) is 0. The molecule has 0 aromatic rings. The van der Waals surface area contributed by atoms with Crippen LogP contribution >= 0.6 is 0 Å². The molecule has 0 bridgehead atoms. The Bertz CT molecular complexity index is 587. The highest BCUT2D eigenvalue weighted by molar-refractivity contribution is 5.81. The largest absolute Gasteiger partial charge is 0.455 e. The molecule has 158 valence electrons. The van der Waals surface area contributed by atoms with Gasteiger partial charge < -0.3 is 9.84 Å². The normalized spacial score (nSPS) is 27.8. The number of esters is 1. The predicted molar refractivity (Wildman–Crippen MR) is 114 cm³/mol. The lowest BCUT2D eigenvalue weighted by molar-refractivity contribution is -0.156. The highest BCUT2D eigenvalue weighted by Gasteiger charge is 2.26. The molecule has 0 amide bonds. The highest BCUT2D eigenvalue weighted by atomic mass is 16.6. The van der Waals surface area contributed by atoms with Gasteiger partial charge in [0.25, 0.3) is 0 Å². The quantitative estimate of drug-likeness (QED) is 0.386. The highest BCUT2D eigenvalue weighted by Crippen LogP contribution is 2.21. The van der Waals surface area contributed by atoms with E-state index < -0.39 is 12.2 Å². The van der Waals surface area contributed by atoms with Gasteiger partial charge in [-0.3, -0.25) is 9.59 Å². The third kappa shape index (κ3) is 9.01. The predicted octanol–water partition coefficient (Wildman–Crippen LogP) is 5.17. The van der Waals surface area contributed by atoms with Crippen LogP contribution < -0.4 is 0 Å². The average Bonchev–Trinajstić information content (AvgIpc) is 2.64.